The molecule has 0 amide bonds. The minimum Gasteiger partial charge on any atom is -0.462 e. The molecule has 0 saturated carbocycles. The highest BCUT2D eigenvalue weighted by Crippen LogP contribution is 2.45. The summed E-state index contributed by atoms with van der Waals surface area (Å²) in [5.41, 5.74) is 0. The van der Waals surface area contributed by atoms with Crippen LogP contribution in [0.4, 0.5) is 0 Å². The molecule has 5 atom stereocenters. The highest BCUT2D eigenvalue weighted by Gasteiger charge is 2.30. The van der Waals surface area contributed by atoms with E-state index >= 15 is 0 Å². The van der Waals surface area contributed by atoms with E-state index in [4.69, 9.17) is 37.0 Å². The van der Waals surface area contributed by atoms with E-state index in [1.165, 1.54) is 212 Å². The first-order valence-electron chi connectivity index (χ1n) is 38.6. The van der Waals surface area contributed by atoms with Gasteiger partial charge in [-0.2, -0.15) is 0 Å². The molecule has 0 spiro atoms. The largest absolute Gasteiger partial charge is 0.472 e. The van der Waals surface area contributed by atoms with Gasteiger partial charge in [0, 0.05) is 25.7 Å². The fourth-order valence-electron chi connectivity index (χ4n) is 11.4. The Morgan fingerprint density at radius 3 is 0.731 bits per heavy atom. The quantitative estimate of drug-likeness (QED) is 0.0222. The van der Waals surface area contributed by atoms with E-state index in [0.717, 1.165) is 95.8 Å². The van der Waals surface area contributed by atoms with Gasteiger partial charge in [-0.3, -0.25) is 37.3 Å². The van der Waals surface area contributed by atoms with E-state index in [-0.39, 0.29) is 25.7 Å². The molecule has 0 aliphatic carbocycles. The van der Waals surface area contributed by atoms with E-state index in [1.54, 1.807) is 0 Å². The van der Waals surface area contributed by atoms with Crippen molar-refractivity contribution in [2.75, 3.05) is 39.6 Å². The highest BCUT2D eigenvalue weighted by molar-refractivity contribution is 7.47. The molecule has 0 saturated heterocycles. The first kappa shape index (κ1) is 91.1. The van der Waals surface area contributed by atoms with Crippen molar-refractivity contribution in [2.24, 2.45) is 5.92 Å². The van der Waals surface area contributed by atoms with E-state index < -0.39 is 97.5 Å². The van der Waals surface area contributed by atoms with Crippen molar-refractivity contribution in [3.05, 3.63) is 0 Å². The predicted octanol–water partition coefficient (Wildman–Crippen LogP) is 21.7. The van der Waals surface area contributed by atoms with Gasteiger partial charge in [-0.05, 0) is 31.6 Å². The summed E-state index contributed by atoms with van der Waals surface area (Å²) in [6, 6.07) is 0. The number of hydrogen-bond acceptors (Lipinski definition) is 15. The molecule has 0 radical (unpaired) electrons. The maximum Gasteiger partial charge on any atom is 0.472 e. The van der Waals surface area contributed by atoms with Crippen LogP contribution in [0.15, 0.2) is 0 Å². The van der Waals surface area contributed by atoms with Gasteiger partial charge in [0.1, 0.15) is 19.3 Å². The van der Waals surface area contributed by atoms with Crippen LogP contribution in [0, 0.1) is 5.92 Å². The summed E-state index contributed by atoms with van der Waals surface area (Å²) in [5, 5.41) is 10.6. The lowest BCUT2D eigenvalue weighted by Crippen LogP contribution is -2.30. The van der Waals surface area contributed by atoms with Crippen molar-refractivity contribution in [1.82, 2.24) is 0 Å². The molecule has 552 valence electrons. The average molecular weight is 1370 g/mol. The van der Waals surface area contributed by atoms with Crippen LogP contribution in [0.25, 0.3) is 0 Å². The van der Waals surface area contributed by atoms with Crippen LogP contribution in [0.1, 0.15) is 388 Å². The van der Waals surface area contributed by atoms with Gasteiger partial charge < -0.3 is 33.8 Å². The Bertz CT molecular complexity index is 1790. The smallest absolute Gasteiger partial charge is 0.462 e. The lowest BCUT2D eigenvalue weighted by atomic mass is 10.0. The van der Waals surface area contributed by atoms with E-state index in [0.29, 0.717) is 25.7 Å². The van der Waals surface area contributed by atoms with Crippen LogP contribution in [0.5, 0.6) is 0 Å². The van der Waals surface area contributed by atoms with E-state index in [1.807, 2.05) is 0 Å². The first-order chi connectivity index (χ1) is 45.0. The van der Waals surface area contributed by atoms with Crippen LogP contribution < -0.4 is 0 Å². The third-order valence-electron chi connectivity index (χ3n) is 17.3. The number of ether oxygens (including phenoxy) is 4. The maximum absolute atomic E-state index is 13.1. The molecule has 0 rings (SSSR count). The lowest BCUT2D eigenvalue weighted by molar-refractivity contribution is -0.161. The molecule has 0 heterocycles. The molecule has 0 aliphatic heterocycles. The van der Waals surface area contributed by atoms with Gasteiger partial charge in [0.05, 0.1) is 26.4 Å². The molecule has 17 nitrogen and oxygen atoms in total. The Morgan fingerprint density at radius 1 is 0.290 bits per heavy atom. The topological polar surface area (TPSA) is 237 Å². The number of rotatable bonds is 74. The number of hydrogen-bond donors (Lipinski definition) is 3. The molecule has 0 aromatic rings. The number of phosphoric acid groups is 2. The molecule has 0 fully saturated rings. The van der Waals surface area contributed by atoms with Gasteiger partial charge in [0.15, 0.2) is 12.2 Å². The van der Waals surface area contributed by atoms with Gasteiger partial charge >= 0.3 is 39.5 Å². The molecule has 0 aliphatic rings. The number of unbranched alkanes of at least 4 members (excludes halogenated alkanes) is 46. The summed E-state index contributed by atoms with van der Waals surface area (Å²) in [6.07, 6.45) is 55.3. The van der Waals surface area contributed by atoms with Gasteiger partial charge in [-0.1, -0.05) is 336 Å². The Kier molecular flexibility index (Phi) is 65.9. The summed E-state index contributed by atoms with van der Waals surface area (Å²) >= 11 is 0. The van der Waals surface area contributed by atoms with Crippen LogP contribution in [0.3, 0.4) is 0 Å². The van der Waals surface area contributed by atoms with Crippen LogP contribution in [-0.2, 0) is 65.4 Å². The van der Waals surface area contributed by atoms with Crippen molar-refractivity contribution >= 4 is 39.5 Å². The molecular weight excluding hydrogens is 1220 g/mol. The number of aliphatic hydroxyl groups is 1. The molecule has 0 bridgehead atoms. The SMILES string of the molecule is CCCCCCCCCCCCCCCCC(=O)OC[C@H](COP(=O)(O)OC[C@@H](O)COP(=O)(O)OC[C@@H](COC(=O)CCCCCCCCCCC(C)C)OC(=O)CCCCCCCCCCCCCCCC)OC(=O)CCCCCCCCCCCCCCCC. The summed E-state index contributed by atoms with van der Waals surface area (Å²) in [4.78, 5) is 72.8. The number of phosphoric ester groups is 2. The summed E-state index contributed by atoms with van der Waals surface area (Å²) in [5.74, 6) is -1.39. The predicted molar refractivity (Wildman–Crippen MR) is 377 cm³/mol. The molecule has 0 aromatic carbocycles. The van der Waals surface area contributed by atoms with Gasteiger partial charge in [-0.25, -0.2) is 9.13 Å². The summed E-state index contributed by atoms with van der Waals surface area (Å²) < 4.78 is 68.5. The Morgan fingerprint density at radius 2 is 0.495 bits per heavy atom. The molecule has 3 N–H and O–H groups in total. The Hall–Kier alpha value is -1.94. The molecular formula is C74H144O17P2. The summed E-state index contributed by atoms with van der Waals surface area (Å²) in [6.45, 7) is 7.26. The zero-order valence-corrected chi connectivity index (χ0v) is 62.2. The minimum absolute atomic E-state index is 0.108. The lowest BCUT2D eigenvalue weighted by Gasteiger charge is -2.21. The fourth-order valence-corrected chi connectivity index (χ4v) is 12.9. The first-order valence-corrected chi connectivity index (χ1v) is 41.6. The van der Waals surface area contributed by atoms with Crippen LogP contribution >= 0.6 is 15.6 Å². The maximum atomic E-state index is 13.1. The van der Waals surface area contributed by atoms with Crippen molar-refractivity contribution in [2.45, 2.75) is 406 Å². The van der Waals surface area contributed by atoms with Crippen molar-refractivity contribution in [3.63, 3.8) is 0 Å². The molecule has 0 aromatic heterocycles. The minimum atomic E-state index is -4.95. The van der Waals surface area contributed by atoms with Crippen molar-refractivity contribution in [1.29, 1.82) is 0 Å². The van der Waals surface area contributed by atoms with Crippen molar-refractivity contribution in [3.8, 4) is 0 Å². The second kappa shape index (κ2) is 67.3. The fraction of sp³-hybridized carbons (Fsp3) is 0.946. The van der Waals surface area contributed by atoms with Gasteiger partial charge in [0.25, 0.3) is 0 Å². The molecule has 93 heavy (non-hydrogen) atoms. The van der Waals surface area contributed by atoms with Crippen molar-refractivity contribution < 1.29 is 80.2 Å². The second-order valence-corrected chi connectivity index (χ2v) is 30.1. The van der Waals surface area contributed by atoms with E-state index in [9.17, 15) is 43.2 Å². The zero-order chi connectivity index (χ0) is 68.4. The zero-order valence-electron chi connectivity index (χ0n) is 60.4. The standard InChI is InChI=1S/C74H144O17P2/c1-6-9-12-15-18-21-24-27-30-33-36-42-47-52-57-71(76)84-63-69(90-73(78)59-54-49-44-37-34-31-28-25-22-19-16-13-10-7-2)65-88-92(80,81)86-61-68(75)62-87-93(82,83)89-66-70(64-85-72(77)58-53-48-43-40-39-41-46-51-56-67(4)5)91-74(79)60-55-50-45-38-35-32-29-26-23-20-17-14-11-8-3/h67-70,75H,6-66H2,1-5H3,(H,80,81)(H,82,83)/t68-,69-,70-/m1/s1. The second-order valence-electron chi connectivity index (χ2n) is 27.2. The summed E-state index contributed by atoms with van der Waals surface area (Å²) in [7, 11) is -9.91. The number of aliphatic hydroxyl groups excluding tert-OH is 1. The monoisotopic (exact) mass is 1370 g/mol. The van der Waals surface area contributed by atoms with Crippen LogP contribution in [-0.4, -0.2) is 96.7 Å². The Labute approximate surface area is 568 Å². The Balaban J connectivity index is 5.26. The van der Waals surface area contributed by atoms with Crippen LogP contribution in [0.2, 0.25) is 0 Å². The number of esters is 4. The number of carbonyl (C=O) groups is 4. The normalized spacial score (nSPS) is 14.0. The third kappa shape index (κ3) is 68.4. The average Bonchev–Trinajstić information content (AvgIpc) is 2.03. The highest BCUT2D eigenvalue weighted by atomic mass is 31.2. The van der Waals surface area contributed by atoms with E-state index in [2.05, 4.69) is 34.6 Å². The number of carbonyl (C=O) groups excluding carboxylic acids is 4. The van der Waals surface area contributed by atoms with Gasteiger partial charge in [0.2, 0.25) is 0 Å². The molecule has 2 unspecified atom stereocenters. The molecule has 19 heteroatoms. The third-order valence-corrected chi connectivity index (χ3v) is 19.2. The van der Waals surface area contributed by atoms with Gasteiger partial charge in [-0.15, -0.1) is 0 Å².